The van der Waals surface area contributed by atoms with Crippen LogP contribution in [0, 0.1) is 4.84 Å². The van der Waals surface area contributed by atoms with Crippen LogP contribution < -0.4 is 0 Å². The predicted molar refractivity (Wildman–Crippen MR) is 42.7 cm³/mol. The van der Waals surface area contributed by atoms with E-state index in [-0.39, 0.29) is 4.84 Å². The second-order valence-corrected chi connectivity index (χ2v) is 2.37. The third-order valence-electron chi connectivity index (χ3n) is 1.26. The van der Waals surface area contributed by atoms with Crippen molar-refractivity contribution in [1.29, 1.82) is 0 Å². The SMILES string of the molecule is S=c1nc(-c2ccncn2)[nH]o1. The molecule has 0 aliphatic carbocycles. The number of aromatic nitrogens is 4. The summed E-state index contributed by atoms with van der Waals surface area (Å²) in [6.07, 6.45) is 3.05. The molecule has 0 aliphatic heterocycles. The Morgan fingerprint density at radius 1 is 1.50 bits per heavy atom. The lowest BCUT2D eigenvalue weighted by molar-refractivity contribution is 0.406. The highest BCUT2D eigenvalue weighted by molar-refractivity contribution is 7.71. The third-order valence-corrected chi connectivity index (χ3v) is 1.44. The fourth-order valence-electron chi connectivity index (χ4n) is 0.769. The highest BCUT2D eigenvalue weighted by Crippen LogP contribution is 2.08. The fourth-order valence-corrected chi connectivity index (χ4v) is 0.902. The zero-order valence-electron chi connectivity index (χ0n) is 5.89. The molecule has 12 heavy (non-hydrogen) atoms. The number of hydrogen-bond acceptors (Lipinski definition) is 5. The quantitative estimate of drug-likeness (QED) is 0.667. The molecule has 60 valence electrons. The maximum Gasteiger partial charge on any atom is 0.314 e. The second kappa shape index (κ2) is 2.82. The maximum atomic E-state index is 4.74. The number of rotatable bonds is 1. The van der Waals surface area contributed by atoms with Gasteiger partial charge in [-0.15, -0.1) is 0 Å². The monoisotopic (exact) mass is 180 g/mol. The number of hydrogen-bond donors (Lipinski definition) is 1. The molecule has 5 nitrogen and oxygen atoms in total. The molecule has 2 aromatic heterocycles. The minimum atomic E-state index is 0.170. The van der Waals surface area contributed by atoms with Crippen molar-refractivity contribution < 1.29 is 4.52 Å². The lowest BCUT2D eigenvalue weighted by atomic mass is 10.4. The molecule has 0 fully saturated rings. The van der Waals surface area contributed by atoms with Gasteiger partial charge >= 0.3 is 4.84 Å². The van der Waals surface area contributed by atoms with E-state index in [1.54, 1.807) is 12.3 Å². The van der Waals surface area contributed by atoms with Gasteiger partial charge in [-0.25, -0.2) is 9.97 Å². The van der Waals surface area contributed by atoms with Gasteiger partial charge in [-0.3, -0.25) is 0 Å². The summed E-state index contributed by atoms with van der Waals surface area (Å²) in [5.74, 6) is 0.516. The molecule has 0 aromatic carbocycles. The van der Waals surface area contributed by atoms with Crippen molar-refractivity contribution in [3.63, 3.8) is 0 Å². The van der Waals surface area contributed by atoms with Crippen LogP contribution in [-0.2, 0) is 0 Å². The summed E-state index contributed by atoms with van der Waals surface area (Å²) in [5, 5.41) is 2.54. The van der Waals surface area contributed by atoms with Gasteiger partial charge in [0.05, 0.1) is 0 Å². The van der Waals surface area contributed by atoms with Crippen molar-refractivity contribution in [3.05, 3.63) is 23.4 Å². The molecule has 0 radical (unpaired) electrons. The van der Waals surface area contributed by atoms with Crippen molar-refractivity contribution in [3.8, 4) is 11.5 Å². The molecular weight excluding hydrogens is 176 g/mol. The van der Waals surface area contributed by atoms with Crippen LogP contribution in [0.2, 0.25) is 0 Å². The summed E-state index contributed by atoms with van der Waals surface area (Å²) in [6.45, 7) is 0. The first-order chi connectivity index (χ1) is 5.86. The van der Waals surface area contributed by atoms with Gasteiger partial charge in [0.1, 0.15) is 12.0 Å². The van der Waals surface area contributed by atoms with Crippen LogP contribution in [-0.4, -0.2) is 20.1 Å². The van der Waals surface area contributed by atoms with Gasteiger partial charge in [0.2, 0.25) is 0 Å². The first kappa shape index (κ1) is 7.11. The first-order valence-corrected chi connectivity index (χ1v) is 3.59. The van der Waals surface area contributed by atoms with Crippen molar-refractivity contribution >= 4 is 12.2 Å². The Labute approximate surface area is 72.5 Å². The Kier molecular flexibility index (Phi) is 1.67. The summed E-state index contributed by atoms with van der Waals surface area (Å²) in [5.41, 5.74) is 0.657. The number of aromatic amines is 1. The van der Waals surface area contributed by atoms with E-state index in [0.717, 1.165) is 0 Å². The van der Waals surface area contributed by atoms with E-state index in [0.29, 0.717) is 11.5 Å². The van der Waals surface area contributed by atoms with Crippen molar-refractivity contribution in [2.75, 3.05) is 0 Å². The topological polar surface area (TPSA) is 67.6 Å². The van der Waals surface area contributed by atoms with E-state index >= 15 is 0 Å². The van der Waals surface area contributed by atoms with Crippen molar-refractivity contribution in [2.45, 2.75) is 0 Å². The molecular formula is C6H4N4OS. The average Bonchev–Trinajstić information content (AvgIpc) is 2.54. The number of H-pyrrole nitrogens is 1. The van der Waals surface area contributed by atoms with Crippen molar-refractivity contribution in [1.82, 2.24) is 20.1 Å². The van der Waals surface area contributed by atoms with Gasteiger partial charge in [0.25, 0.3) is 0 Å². The van der Waals surface area contributed by atoms with Crippen LogP contribution >= 0.6 is 12.2 Å². The molecule has 2 heterocycles. The van der Waals surface area contributed by atoms with Crippen LogP contribution in [0.25, 0.3) is 11.5 Å². The van der Waals surface area contributed by atoms with Crippen molar-refractivity contribution in [2.24, 2.45) is 0 Å². The van der Waals surface area contributed by atoms with E-state index < -0.39 is 0 Å². The summed E-state index contributed by atoms with van der Waals surface area (Å²) in [6, 6.07) is 1.71. The largest absolute Gasteiger partial charge is 0.348 e. The van der Waals surface area contributed by atoms with E-state index in [2.05, 4.69) is 32.3 Å². The lowest BCUT2D eigenvalue weighted by Gasteiger charge is -1.89. The summed E-state index contributed by atoms with van der Waals surface area (Å²) >= 11 is 4.68. The van der Waals surface area contributed by atoms with E-state index in [4.69, 9.17) is 4.52 Å². The van der Waals surface area contributed by atoms with E-state index in [1.807, 2.05) is 0 Å². The molecule has 0 amide bonds. The Hall–Kier alpha value is -1.56. The Morgan fingerprint density at radius 2 is 2.42 bits per heavy atom. The lowest BCUT2D eigenvalue weighted by Crippen LogP contribution is -1.84. The van der Waals surface area contributed by atoms with Crippen LogP contribution in [0.1, 0.15) is 0 Å². The van der Waals surface area contributed by atoms with Crippen LogP contribution in [0.15, 0.2) is 23.1 Å². The molecule has 0 bridgehead atoms. The van der Waals surface area contributed by atoms with Gasteiger partial charge < -0.3 is 4.52 Å². The standard InChI is InChI=1S/C6H4N4OS/c12-6-9-5(10-11-6)4-1-2-7-3-8-4/h1-3H,(H,9,10,12). The predicted octanol–water partition coefficient (Wildman–Crippen LogP) is 1.19. The van der Waals surface area contributed by atoms with Crippen LogP contribution in [0.3, 0.4) is 0 Å². The van der Waals surface area contributed by atoms with Gasteiger partial charge in [0, 0.05) is 6.20 Å². The normalized spacial score (nSPS) is 10.0. The summed E-state index contributed by atoms with van der Waals surface area (Å²) < 4.78 is 4.74. The van der Waals surface area contributed by atoms with Gasteiger partial charge in [-0.2, -0.15) is 10.1 Å². The molecule has 2 rings (SSSR count). The zero-order valence-corrected chi connectivity index (χ0v) is 6.71. The van der Waals surface area contributed by atoms with Gasteiger partial charge in [0.15, 0.2) is 5.82 Å². The van der Waals surface area contributed by atoms with Crippen LogP contribution in [0.4, 0.5) is 0 Å². The molecule has 0 spiro atoms. The zero-order chi connectivity index (χ0) is 8.39. The molecule has 0 aliphatic rings. The Morgan fingerprint density at radius 3 is 3.00 bits per heavy atom. The molecule has 0 saturated carbocycles. The van der Waals surface area contributed by atoms with Crippen LogP contribution in [0.5, 0.6) is 0 Å². The molecule has 0 unspecified atom stereocenters. The summed E-state index contributed by atoms with van der Waals surface area (Å²) in [7, 11) is 0. The first-order valence-electron chi connectivity index (χ1n) is 3.18. The molecule has 0 atom stereocenters. The molecule has 6 heteroatoms. The average molecular weight is 180 g/mol. The van der Waals surface area contributed by atoms with E-state index in [1.165, 1.54) is 6.33 Å². The van der Waals surface area contributed by atoms with E-state index in [9.17, 15) is 0 Å². The number of nitrogens with one attached hydrogen (secondary N) is 1. The third kappa shape index (κ3) is 1.24. The van der Waals surface area contributed by atoms with Gasteiger partial charge in [-0.1, -0.05) is 0 Å². The smallest absolute Gasteiger partial charge is 0.314 e. The Balaban J connectivity index is 2.51. The number of nitrogens with zero attached hydrogens (tertiary/aromatic N) is 3. The molecule has 2 aromatic rings. The minimum absolute atomic E-state index is 0.170. The summed E-state index contributed by atoms with van der Waals surface area (Å²) in [4.78, 5) is 11.8. The fraction of sp³-hybridized carbons (Fsp3) is 0. The maximum absolute atomic E-state index is 4.74. The second-order valence-electron chi connectivity index (χ2n) is 2.03. The highest BCUT2D eigenvalue weighted by atomic mass is 32.1. The highest BCUT2D eigenvalue weighted by Gasteiger charge is 2.01. The Bertz CT molecular complexity index is 420. The van der Waals surface area contributed by atoms with Gasteiger partial charge in [-0.05, 0) is 18.3 Å². The minimum Gasteiger partial charge on any atom is -0.348 e. The molecule has 1 N–H and O–H groups in total. The molecule has 0 saturated heterocycles.